The maximum atomic E-state index is 12.4. The van der Waals surface area contributed by atoms with E-state index in [-0.39, 0.29) is 30.0 Å². The van der Waals surface area contributed by atoms with E-state index in [9.17, 15) is 14.7 Å². The van der Waals surface area contributed by atoms with Gasteiger partial charge in [-0.15, -0.1) is 0 Å². The number of hydrogen-bond donors (Lipinski definition) is 2. The molecule has 2 rings (SSSR count). The van der Waals surface area contributed by atoms with Gasteiger partial charge in [0, 0.05) is 19.4 Å². The first kappa shape index (κ1) is 20.9. The maximum Gasteiger partial charge on any atom is 0.274 e. The fourth-order valence-corrected chi connectivity index (χ4v) is 3.16. The number of hydrogen-bond acceptors (Lipinski definition) is 5. The van der Waals surface area contributed by atoms with E-state index >= 15 is 0 Å². The standard InChI is InChI=1S/C20H29N3O4/c1-4-5-6-18(25)22-16(13-24)11-14-7-9-15(10-8-14)19-17(27-3)12-21-23(2)20(19)26/h7-9,12,15-16,24H,4-6,10-11,13H2,1-3H3,(H,22,25)/t15?,16-/m0/s1. The quantitative estimate of drug-likeness (QED) is 0.687. The lowest BCUT2D eigenvalue weighted by Gasteiger charge is -2.21. The van der Waals surface area contributed by atoms with Crippen LogP contribution in [0.15, 0.2) is 34.8 Å². The molecule has 0 spiro atoms. The molecule has 0 saturated heterocycles. The van der Waals surface area contributed by atoms with E-state index in [0.29, 0.717) is 30.6 Å². The molecule has 0 aliphatic heterocycles. The summed E-state index contributed by atoms with van der Waals surface area (Å²) in [7, 11) is 3.15. The van der Waals surface area contributed by atoms with Gasteiger partial charge in [-0.05, 0) is 19.3 Å². The molecule has 0 bridgehead atoms. The molecule has 1 aromatic rings. The van der Waals surface area contributed by atoms with E-state index < -0.39 is 0 Å². The van der Waals surface area contributed by atoms with E-state index in [1.807, 2.05) is 25.2 Å². The molecule has 148 valence electrons. The van der Waals surface area contributed by atoms with Crippen molar-refractivity contribution in [2.75, 3.05) is 13.7 Å². The van der Waals surface area contributed by atoms with Crippen LogP contribution >= 0.6 is 0 Å². The number of nitrogens with one attached hydrogen (secondary N) is 1. The highest BCUT2D eigenvalue weighted by Crippen LogP contribution is 2.31. The second-order valence-corrected chi connectivity index (χ2v) is 6.79. The first-order valence-electron chi connectivity index (χ1n) is 9.37. The summed E-state index contributed by atoms with van der Waals surface area (Å²) in [5.41, 5.74) is 1.45. The molecule has 0 aromatic carbocycles. The Morgan fingerprint density at radius 1 is 1.52 bits per heavy atom. The average molecular weight is 375 g/mol. The second-order valence-electron chi connectivity index (χ2n) is 6.79. The highest BCUT2D eigenvalue weighted by Gasteiger charge is 2.21. The van der Waals surface area contributed by atoms with E-state index in [1.165, 1.54) is 11.8 Å². The van der Waals surface area contributed by atoms with Crippen molar-refractivity contribution in [3.05, 3.63) is 45.9 Å². The number of aryl methyl sites for hydroxylation is 1. The van der Waals surface area contributed by atoms with Crippen molar-refractivity contribution in [3.63, 3.8) is 0 Å². The van der Waals surface area contributed by atoms with E-state index in [2.05, 4.69) is 10.4 Å². The van der Waals surface area contributed by atoms with Gasteiger partial charge in [0.2, 0.25) is 5.91 Å². The van der Waals surface area contributed by atoms with Crippen molar-refractivity contribution >= 4 is 5.91 Å². The fourth-order valence-electron chi connectivity index (χ4n) is 3.16. The van der Waals surface area contributed by atoms with Gasteiger partial charge in [0.15, 0.2) is 0 Å². The second kappa shape index (κ2) is 10.1. The highest BCUT2D eigenvalue weighted by atomic mass is 16.5. The van der Waals surface area contributed by atoms with Gasteiger partial charge >= 0.3 is 0 Å². The van der Waals surface area contributed by atoms with Crippen LogP contribution in [0.4, 0.5) is 0 Å². The minimum atomic E-state index is -0.301. The van der Waals surface area contributed by atoms with Crippen LogP contribution in [0.3, 0.4) is 0 Å². The Morgan fingerprint density at radius 3 is 2.89 bits per heavy atom. The lowest BCUT2D eigenvalue weighted by atomic mass is 9.89. The summed E-state index contributed by atoms with van der Waals surface area (Å²) in [5.74, 6) is 0.373. The van der Waals surface area contributed by atoms with Crippen LogP contribution in [0.25, 0.3) is 0 Å². The first-order chi connectivity index (χ1) is 13.0. The van der Waals surface area contributed by atoms with Crippen molar-refractivity contribution in [1.29, 1.82) is 0 Å². The lowest BCUT2D eigenvalue weighted by molar-refractivity contribution is -0.122. The molecule has 1 aliphatic carbocycles. The van der Waals surface area contributed by atoms with Gasteiger partial charge in [0.1, 0.15) is 5.75 Å². The number of rotatable bonds is 9. The lowest BCUT2D eigenvalue weighted by Crippen LogP contribution is -2.37. The van der Waals surface area contributed by atoms with Gasteiger partial charge in [-0.25, -0.2) is 4.68 Å². The van der Waals surface area contributed by atoms with Gasteiger partial charge in [0.25, 0.3) is 5.56 Å². The Morgan fingerprint density at radius 2 is 2.30 bits per heavy atom. The largest absolute Gasteiger partial charge is 0.495 e. The monoisotopic (exact) mass is 375 g/mol. The molecule has 2 N–H and O–H groups in total. The third kappa shape index (κ3) is 5.53. The zero-order chi connectivity index (χ0) is 19.8. The van der Waals surface area contributed by atoms with Crippen molar-refractivity contribution in [2.24, 2.45) is 7.05 Å². The van der Waals surface area contributed by atoms with Gasteiger partial charge in [0.05, 0.1) is 31.5 Å². The molecule has 2 atom stereocenters. The predicted molar refractivity (Wildman–Crippen MR) is 104 cm³/mol. The molecule has 1 amide bonds. The summed E-state index contributed by atoms with van der Waals surface area (Å²) in [6, 6.07) is -0.301. The number of aliphatic hydroxyl groups is 1. The van der Waals surface area contributed by atoms with Crippen LogP contribution in [-0.4, -0.2) is 40.6 Å². The van der Waals surface area contributed by atoms with Crippen LogP contribution in [0, 0.1) is 0 Å². The number of amides is 1. The Balaban J connectivity index is 2.03. The summed E-state index contributed by atoms with van der Waals surface area (Å²) >= 11 is 0. The van der Waals surface area contributed by atoms with Crippen LogP contribution in [-0.2, 0) is 11.8 Å². The van der Waals surface area contributed by atoms with Crippen molar-refractivity contribution in [2.45, 2.75) is 51.0 Å². The molecule has 27 heavy (non-hydrogen) atoms. The molecule has 0 radical (unpaired) electrons. The van der Waals surface area contributed by atoms with Crippen LogP contribution in [0.2, 0.25) is 0 Å². The number of ether oxygens (including phenoxy) is 1. The van der Waals surface area contributed by atoms with E-state index in [4.69, 9.17) is 4.74 Å². The van der Waals surface area contributed by atoms with Gasteiger partial charge in [-0.1, -0.05) is 37.1 Å². The Bertz CT molecular complexity index is 767. The van der Waals surface area contributed by atoms with Gasteiger partial charge in [-0.3, -0.25) is 9.59 Å². The molecule has 7 heteroatoms. The zero-order valence-corrected chi connectivity index (χ0v) is 16.3. The molecular formula is C20H29N3O4. The maximum absolute atomic E-state index is 12.4. The SMILES string of the molecule is CCCCC(=O)N[C@H](CO)CC1=CCC(c2c(OC)cnn(C)c2=O)C=C1. The van der Waals surface area contributed by atoms with Gasteiger partial charge in [-0.2, -0.15) is 5.10 Å². The third-order valence-electron chi connectivity index (χ3n) is 4.73. The zero-order valence-electron chi connectivity index (χ0n) is 16.3. The Kier molecular flexibility index (Phi) is 7.79. The minimum Gasteiger partial charge on any atom is -0.495 e. The van der Waals surface area contributed by atoms with Crippen molar-refractivity contribution < 1.29 is 14.6 Å². The predicted octanol–water partition coefficient (Wildman–Crippen LogP) is 1.82. The summed E-state index contributed by atoms with van der Waals surface area (Å²) in [6.45, 7) is 1.93. The van der Waals surface area contributed by atoms with Crippen LogP contribution in [0.1, 0.15) is 50.5 Å². The summed E-state index contributed by atoms with van der Waals surface area (Å²) < 4.78 is 6.61. The fraction of sp³-hybridized carbons (Fsp3) is 0.550. The number of aliphatic hydroxyl groups excluding tert-OH is 1. The number of nitrogens with zero attached hydrogens (tertiary/aromatic N) is 2. The number of unbranched alkanes of at least 4 members (excludes halogenated alkanes) is 1. The van der Waals surface area contributed by atoms with Crippen molar-refractivity contribution in [3.8, 4) is 5.75 Å². The Hall–Kier alpha value is -2.41. The average Bonchev–Trinajstić information content (AvgIpc) is 2.68. The summed E-state index contributed by atoms with van der Waals surface area (Å²) in [4.78, 5) is 24.3. The summed E-state index contributed by atoms with van der Waals surface area (Å²) in [5, 5.41) is 16.4. The number of aromatic nitrogens is 2. The van der Waals surface area contributed by atoms with Crippen LogP contribution < -0.4 is 15.6 Å². The normalized spacial score (nSPS) is 17.3. The number of carbonyl (C=O) groups is 1. The molecule has 0 saturated carbocycles. The van der Waals surface area contributed by atoms with Crippen LogP contribution in [0.5, 0.6) is 5.75 Å². The van der Waals surface area contributed by atoms with Crippen molar-refractivity contribution in [1.82, 2.24) is 15.1 Å². The Labute approximate surface area is 159 Å². The molecule has 7 nitrogen and oxygen atoms in total. The topological polar surface area (TPSA) is 93.4 Å². The smallest absolute Gasteiger partial charge is 0.274 e. The van der Waals surface area contributed by atoms with E-state index in [1.54, 1.807) is 13.2 Å². The molecule has 1 heterocycles. The first-order valence-corrected chi connectivity index (χ1v) is 9.37. The number of methoxy groups -OCH3 is 1. The molecule has 1 aliphatic rings. The minimum absolute atomic E-state index is 0.0285. The number of carbonyl (C=O) groups excluding carboxylic acids is 1. The molecule has 0 fully saturated rings. The molecular weight excluding hydrogens is 346 g/mol. The number of allylic oxidation sites excluding steroid dienone is 3. The highest BCUT2D eigenvalue weighted by molar-refractivity contribution is 5.76. The van der Waals surface area contributed by atoms with E-state index in [0.717, 1.165) is 18.4 Å². The third-order valence-corrected chi connectivity index (χ3v) is 4.73. The molecule has 1 aromatic heterocycles. The molecule has 1 unspecified atom stereocenters. The summed E-state index contributed by atoms with van der Waals surface area (Å²) in [6.07, 6.45) is 11.0. The van der Waals surface area contributed by atoms with Gasteiger partial charge < -0.3 is 15.2 Å².